The van der Waals surface area contributed by atoms with E-state index in [1.165, 1.54) is 11.2 Å². The molecular weight excluding hydrogens is 294 g/mol. The third-order valence-electron chi connectivity index (χ3n) is 3.53. The van der Waals surface area contributed by atoms with Gasteiger partial charge in [0.2, 0.25) is 0 Å². The number of aromatic amines is 1. The maximum atomic E-state index is 12.6. The predicted molar refractivity (Wildman–Crippen MR) is 72.9 cm³/mol. The number of hydrogen-bond donors (Lipinski definition) is 2. The highest BCUT2D eigenvalue weighted by Crippen LogP contribution is 2.24. The number of imidazole rings is 1. The number of aromatic nitrogens is 4. The van der Waals surface area contributed by atoms with Crippen LogP contribution in [0, 0.1) is 0 Å². The Balaban J connectivity index is 1.96. The number of aryl methyl sites for hydroxylation is 1. The number of aliphatic carboxylic acids is 1. The zero-order valence-corrected chi connectivity index (χ0v) is 12.1. The summed E-state index contributed by atoms with van der Waals surface area (Å²) in [6.45, 7) is 2.08. The standard InChI is InChI=1S/C12H13N5O3S/c1-2-6-10(21-16-15-6)11(18)17-4-8-7(13-5-14-8)3-9(17)12(19)20/h5,9H,2-4H2,1H3,(H,13,14)(H,19,20). The molecule has 0 saturated heterocycles. The molecule has 0 aliphatic carbocycles. The number of hydrogen-bond acceptors (Lipinski definition) is 6. The molecule has 9 heteroatoms. The van der Waals surface area contributed by atoms with Gasteiger partial charge >= 0.3 is 5.97 Å². The second kappa shape index (κ2) is 5.24. The van der Waals surface area contributed by atoms with Crippen LogP contribution in [0.1, 0.15) is 33.7 Å². The molecule has 1 aliphatic heterocycles. The summed E-state index contributed by atoms with van der Waals surface area (Å²) in [6, 6.07) is -0.917. The minimum absolute atomic E-state index is 0.201. The molecule has 21 heavy (non-hydrogen) atoms. The first-order valence-corrected chi connectivity index (χ1v) is 7.25. The molecule has 1 unspecified atom stereocenters. The van der Waals surface area contributed by atoms with Crippen molar-refractivity contribution in [3.8, 4) is 0 Å². The Morgan fingerprint density at radius 2 is 2.38 bits per heavy atom. The van der Waals surface area contributed by atoms with Gasteiger partial charge in [0.1, 0.15) is 10.9 Å². The van der Waals surface area contributed by atoms with Crippen molar-refractivity contribution in [2.45, 2.75) is 32.4 Å². The number of nitrogens with zero attached hydrogens (tertiary/aromatic N) is 4. The Bertz CT molecular complexity index is 695. The second-order valence-electron chi connectivity index (χ2n) is 4.72. The highest BCUT2D eigenvalue weighted by Gasteiger charge is 2.37. The van der Waals surface area contributed by atoms with Gasteiger partial charge in [-0.3, -0.25) is 4.79 Å². The first-order valence-electron chi connectivity index (χ1n) is 6.48. The number of nitrogens with one attached hydrogen (secondary N) is 1. The lowest BCUT2D eigenvalue weighted by Gasteiger charge is -2.31. The van der Waals surface area contributed by atoms with Gasteiger partial charge in [0.25, 0.3) is 5.91 Å². The van der Waals surface area contributed by atoms with Gasteiger partial charge in [0.15, 0.2) is 0 Å². The van der Waals surface area contributed by atoms with Crippen LogP contribution in [0.3, 0.4) is 0 Å². The van der Waals surface area contributed by atoms with Crippen LogP contribution < -0.4 is 0 Å². The van der Waals surface area contributed by atoms with Gasteiger partial charge in [0, 0.05) is 6.42 Å². The molecule has 0 spiro atoms. The number of H-pyrrole nitrogens is 1. The Morgan fingerprint density at radius 1 is 1.57 bits per heavy atom. The summed E-state index contributed by atoms with van der Waals surface area (Å²) >= 11 is 1.00. The van der Waals surface area contributed by atoms with Crippen molar-refractivity contribution in [2.24, 2.45) is 0 Å². The third kappa shape index (κ3) is 2.29. The zero-order chi connectivity index (χ0) is 15.0. The summed E-state index contributed by atoms with van der Waals surface area (Å²) in [5, 5.41) is 13.3. The molecule has 2 N–H and O–H groups in total. The maximum absolute atomic E-state index is 12.6. The average molecular weight is 307 g/mol. The number of carbonyl (C=O) groups is 2. The van der Waals surface area contributed by atoms with Gasteiger partial charge < -0.3 is 15.0 Å². The summed E-state index contributed by atoms with van der Waals surface area (Å²) in [5.74, 6) is -1.37. The molecule has 0 fully saturated rings. The molecular formula is C12H13N5O3S. The van der Waals surface area contributed by atoms with Crippen LogP contribution in [0.15, 0.2) is 6.33 Å². The average Bonchev–Trinajstić information content (AvgIpc) is 3.12. The van der Waals surface area contributed by atoms with E-state index in [1.807, 2.05) is 6.92 Å². The van der Waals surface area contributed by atoms with Crippen molar-refractivity contribution in [3.05, 3.63) is 28.3 Å². The van der Waals surface area contributed by atoms with Gasteiger partial charge in [0.05, 0.1) is 30.0 Å². The highest BCUT2D eigenvalue weighted by molar-refractivity contribution is 7.08. The molecule has 2 aromatic heterocycles. The van der Waals surface area contributed by atoms with E-state index in [0.29, 0.717) is 22.7 Å². The molecule has 0 aromatic carbocycles. The van der Waals surface area contributed by atoms with Crippen LogP contribution in [-0.2, 0) is 24.2 Å². The molecule has 0 radical (unpaired) electrons. The van der Waals surface area contributed by atoms with Gasteiger partial charge in [-0.2, -0.15) is 0 Å². The topological polar surface area (TPSA) is 112 Å². The molecule has 0 saturated carbocycles. The van der Waals surface area contributed by atoms with E-state index in [1.54, 1.807) is 0 Å². The van der Waals surface area contributed by atoms with Gasteiger partial charge in [-0.05, 0) is 18.0 Å². The Kier molecular flexibility index (Phi) is 3.42. The fraction of sp³-hybridized carbons (Fsp3) is 0.417. The van der Waals surface area contributed by atoms with Gasteiger partial charge in [-0.25, -0.2) is 9.78 Å². The third-order valence-corrected chi connectivity index (χ3v) is 4.29. The Labute approximate surface area is 124 Å². The lowest BCUT2D eigenvalue weighted by molar-refractivity contribution is -0.142. The summed E-state index contributed by atoms with van der Waals surface area (Å²) in [5.41, 5.74) is 2.07. The van der Waals surface area contributed by atoms with Crippen molar-refractivity contribution in [2.75, 3.05) is 0 Å². The highest BCUT2D eigenvalue weighted by atomic mass is 32.1. The van der Waals surface area contributed by atoms with E-state index in [-0.39, 0.29) is 18.9 Å². The molecule has 3 heterocycles. The van der Waals surface area contributed by atoms with Gasteiger partial charge in [-0.15, -0.1) is 5.10 Å². The van der Waals surface area contributed by atoms with E-state index in [9.17, 15) is 14.7 Å². The normalized spacial score (nSPS) is 17.6. The molecule has 3 rings (SSSR count). The van der Waals surface area contributed by atoms with E-state index in [2.05, 4.69) is 19.6 Å². The number of carboxylic acids is 1. The van der Waals surface area contributed by atoms with Crippen LogP contribution in [0.5, 0.6) is 0 Å². The minimum Gasteiger partial charge on any atom is -0.480 e. The summed E-state index contributed by atoms with van der Waals surface area (Å²) in [7, 11) is 0. The summed E-state index contributed by atoms with van der Waals surface area (Å²) < 4.78 is 3.79. The fourth-order valence-electron chi connectivity index (χ4n) is 2.40. The SMILES string of the molecule is CCc1nnsc1C(=O)N1Cc2[nH]cnc2CC1C(=O)O. The molecule has 1 aliphatic rings. The number of carboxylic acid groups (broad SMARTS) is 1. The van der Waals surface area contributed by atoms with Crippen molar-refractivity contribution in [1.82, 2.24) is 24.5 Å². The number of amides is 1. The number of rotatable bonds is 3. The van der Waals surface area contributed by atoms with Crippen molar-refractivity contribution >= 4 is 23.4 Å². The number of fused-ring (bicyclic) bond motifs is 1. The molecule has 0 bridgehead atoms. The van der Waals surface area contributed by atoms with Crippen LogP contribution in [0.2, 0.25) is 0 Å². The molecule has 2 aromatic rings. The van der Waals surface area contributed by atoms with Gasteiger partial charge in [-0.1, -0.05) is 11.4 Å². The first kappa shape index (κ1) is 13.7. The van der Waals surface area contributed by atoms with E-state index in [4.69, 9.17) is 0 Å². The predicted octanol–water partition coefficient (Wildman–Crippen LogP) is 0.475. The number of carbonyl (C=O) groups excluding carboxylic acids is 1. The Hall–Kier alpha value is -2.29. The van der Waals surface area contributed by atoms with Crippen molar-refractivity contribution in [1.29, 1.82) is 0 Å². The lowest BCUT2D eigenvalue weighted by Crippen LogP contribution is -2.48. The first-order chi connectivity index (χ1) is 10.1. The van der Waals surface area contributed by atoms with E-state index < -0.39 is 12.0 Å². The minimum atomic E-state index is -1.03. The van der Waals surface area contributed by atoms with Crippen molar-refractivity contribution < 1.29 is 14.7 Å². The lowest BCUT2D eigenvalue weighted by atomic mass is 10.0. The van der Waals surface area contributed by atoms with Crippen LogP contribution in [-0.4, -0.2) is 47.5 Å². The maximum Gasteiger partial charge on any atom is 0.326 e. The van der Waals surface area contributed by atoms with Crippen molar-refractivity contribution in [3.63, 3.8) is 0 Å². The molecule has 8 nitrogen and oxygen atoms in total. The zero-order valence-electron chi connectivity index (χ0n) is 11.2. The smallest absolute Gasteiger partial charge is 0.326 e. The second-order valence-corrected chi connectivity index (χ2v) is 5.48. The van der Waals surface area contributed by atoms with Crippen LogP contribution >= 0.6 is 11.5 Å². The molecule has 110 valence electrons. The Morgan fingerprint density at radius 3 is 3.10 bits per heavy atom. The van der Waals surface area contributed by atoms with E-state index >= 15 is 0 Å². The molecule has 1 atom stereocenters. The quantitative estimate of drug-likeness (QED) is 0.852. The summed E-state index contributed by atoms with van der Waals surface area (Å²) in [4.78, 5) is 32.9. The van der Waals surface area contributed by atoms with E-state index in [0.717, 1.165) is 17.2 Å². The monoisotopic (exact) mass is 307 g/mol. The summed E-state index contributed by atoms with van der Waals surface area (Å²) in [6.07, 6.45) is 2.30. The molecule has 1 amide bonds. The fourth-order valence-corrected chi connectivity index (χ4v) is 3.11. The van der Waals surface area contributed by atoms with Crippen LogP contribution in [0.4, 0.5) is 0 Å². The largest absolute Gasteiger partial charge is 0.480 e. The van der Waals surface area contributed by atoms with Crippen LogP contribution in [0.25, 0.3) is 0 Å².